The molecule has 0 saturated carbocycles. The molecule has 1 amide bonds. The Bertz CT molecular complexity index is 723. The molecule has 0 unspecified atom stereocenters. The summed E-state index contributed by atoms with van der Waals surface area (Å²) in [7, 11) is 1.49. The summed E-state index contributed by atoms with van der Waals surface area (Å²) in [5, 5.41) is 2.59. The quantitative estimate of drug-likeness (QED) is 0.615. The summed E-state index contributed by atoms with van der Waals surface area (Å²) in [4.78, 5) is 23.8. The Labute approximate surface area is 143 Å². The zero-order valence-electron chi connectivity index (χ0n) is 13.0. The second-order valence-corrected chi connectivity index (χ2v) is 5.65. The van der Waals surface area contributed by atoms with E-state index < -0.39 is 24.3 Å². The van der Waals surface area contributed by atoms with Gasteiger partial charge in [0.05, 0.1) is 18.6 Å². The summed E-state index contributed by atoms with van der Waals surface area (Å²) in [5.41, 5.74) is 0.488. The van der Waals surface area contributed by atoms with Crippen LogP contribution < -0.4 is 10.1 Å². The first-order chi connectivity index (χ1) is 11.6. The number of hydrogen-bond acceptors (Lipinski definition) is 5. The van der Waals surface area contributed by atoms with Gasteiger partial charge < -0.3 is 14.8 Å². The number of esters is 1. The van der Waals surface area contributed by atoms with Crippen molar-refractivity contribution >= 4 is 29.3 Å². The zero-order chi connectivity index (χ0) is 17.4. The lowest BCUT2D eigenvalue weighted by Crippen LogP contribution is -2.21. The lowest BCUT2D eigenvalue weighted by Gasteiger charge is -2.10. The minimum Gasteiger partial charge on any atom is -0.495 e. The molecule has 5 nitrogen and oxygen atoms in total. The molecule has 0 aliphatic heterocycles. The fourth-order valence-corrected chi connectivity index (χ4v) is 2.56. The first-order valence-corrected chi connectivity index (χ1v) is 8.04. The Balaban J connectivity index is 1.77. The molecule has 0 aromatic heterocycles. The lowest BCUT2D eigenvalue weighted by molar-refractivity contribution is -0.144. The molecule has 0 radical (unpaired) electrons. The van der Waals surface area contributed by atoms with Gasteiger partial charge in [-0.3, -0.25) is 9.59 Å². The maximum atomic E-state index is 13.4. The molecule has 1 N–H and O–H groups in total. The van der Waals surface area contributed by atoms with Gasteiger partial charge in [-0.05, 0) is 24.3 Å². The summed E-state index contributed by atoms with van der Waals surface area (Å²) in [6, 6.07) is 13.0. The predicted octanol–water partition coefficient (Wildman–Crippen LogP) is 3.11. The third kappa shape index (κ3) is 5.27. The third-order valence-corrected chi connectivity index (χ3v) is 3.95. The van der Waals surface area contributed by atoms with Gasteiger partial charge in [0.25, 0.3) is 5.91 Å². The van der Waals surface area contributed by atoms with E-state index in [0.717, 1.165) is 11.8 Å². The molecule has 0 heterocycles. The topological polar surface area (TPSA) is 64.6 Å². The highest BCUT2D eigenvalue weighted by Crippen LogP contribution is 2.23. The number of thioether (sulfide) groups is 1. The summed E-state index contributed by atoms with van der Waals surface area (Å²) >= 11 is 1.02. The van der Waals surface area contributed by atoms with Crippen molar-refractivity contribution < 1.29 is 23.5 Å². The van der Waals surface area contributed by atoms with E-state index in [4.69, 9.17) is 9.47 Å². The molecule has 24 heavy (non-hydrogen) atoms. The van der Waals surface area contributed by atoms with Crippen LogP contribution in [0.4, 0.5) is 10.1 Å². The van der Waals surface area contributed by atoms with Gasteiger partial charge in [-0.2, -0.15) is 0 Å². The zero-order valence-corrected chi connectivity index (χ0v) is 13.8. The number of carbonyl (C=O) groups is 2. The van der Waals surface area contributed by atoms with Crippen LogP contribution in [-0.4, -0.2) is 31.3 Å². The maximum absolute atomic E-state index is 13.4. The van der Waals surface area contributed by atoms with E-state index in [-0.39, 0.29) is 5.75 Å². The van der Waals surface area contributed by atoms with Gasteiger partial charge in [-0.25, -0.2) is 4.39 Å². The van der Waals surface area contributed by atoms with E-state index in [2.05, 4.69) is 5.32 Å². The molecule has 0 bridgehead atoms. The van der Waals surface area contributed by atoms with Crippen molar-refractivity contribution in [2.75, 3.05) is 24.8 Å². The van der Waals surface area contributed by atoms with Crippen LogP contribution in [0.5, 0.6) is 5.75 Å². The molecule has 2 aromatic carbocycles. The van der Waals surface area contributed by atoms with Crippen LogP contribution in [0, 0.1) is 5.82 Å². The highest BCUT2D eigenvalue weighted by molar-refractivity contribution is 8.00. The van der Waals surface area contributed by atoms with Gasteiger partial charge in [0.1, 0.15) is 11.6 Å². The van der Waals surface area contributed by atoms with E-state index in [9.17, 15) is 14.0 Å². The lowest BCUT2D eigenvalue weighted by atomic mass is 10.3. The average molecular weight is 349 g/mol. The van der Waals surface area contributed by atoms with Gasteiger partial charge in [0.2, 0.25) is 0 Å². The van der Waals surface area contributed by atoms with E-state index in [0.29, 0.717) is 16.3 Å². The number of anilines is 1. The Morgan fingerprint density at radius 3 is 2.58 bits per heavy atom. The standard InChI is InChI=1S/C17H16FNO4S/c1-22-14-8-4-3-7-13(14)19-16(20)10-23-17(21)11-24-15-9-5-2-6-12(15)18/h2-9H,10-11H2,1H3,(H,19,20). The van der Waals surface area contributed by atoms with Gasteiger partial charge in [-0.15, -0.1) is 11.8 Å². The van der Waals surface area contributed by atoms with Gasteiger partial charge in [0, 0.05) is 4.90 Å². The minimum absolute atomic E-state index is 0.0805. The molecular formula is C17H16FNO4S. The summed E-state index contributed by atoms with van der Waals surface area (Å²) in [6.07, 6.45) is 0. The molecule has 0 atom stereocenters. The smallest absolute Gasteiger partial charge is 0.316 e. The first kappa shape index (κ1) is 17.8. The fourth-order valence-electron chi connectivity index (χ4n) is 1.82. The van der Waals surface area contributed by atoms with Crippen molar-refractivity contribution in [3.63, 3.8) is 0 Å². The number of rotatable bonds is 7. The van der Waals surface area contributed by atoms with Crippen molar-refractivity contribution in [1.82, 2.24) is 0 Å². The second kappa shape index (κ2) is 8.93. The molecule has 0 aliphatic rings. The third-order valence-electron chi connectivity index (χ3n) is 2.93. The Morgan fingerprint density at radius 1 is 1.12 bits per heavy atom. The minimum atomic E-state index is -0.599. The van der Waals surface area contributed by atoms with Crippen LogP contribution in [0.15, 0.2) is 53.4 Å². The summed E-state index contributed by atoms with van der Waals surface area (Å²) in [6.45, 7) is -0.422. The number of carbonyl (C=O) groups excluding carboxylic acids is 2. The van der Waals surface area contributed by atoms with Crippen molar-refractivity contribution in [2.45, 2.75) is 4.90 Å². The Morgan fingerprint density at radius 2 is 1.83 bits per heavy atom. The van der Waals surface area contributed by atoms with Crippen molar-refractivity contribution in [3.05, 3.63) is 54.3 Å². The summed E-state index contributed by atoms with van der Waals surface area (Å²) < 4.78 is 23.4. The van der Waals surface area contributed by atoms with E-state index in [1.807, 2.05) is 0 Å². The molecule has 2 aromatic rings. The van der Waals surface area contributed by atoms with Crippen LogP contribution in [0.2, 0.25) is 0 Å². The number of nitrogens with one attached hydrogen (secondary N) is 1. The highest BCUT2D eigenvalue weighted by Gasteiger charge is 2.11. The van der Waals surface area contributed by atoms with Crippen LogP contribution >= 0.6 is 11.8 Å². The Kier molecular flexibility index (Phi) is 6.62. The molecular weight excluding hydrogens is 333 g/mol. The normalized spacial score (nSPS) is 10.1. The molecule has 0 aliphatic carbocycles. The number of benzene rings is 2. The van der Waals surface area contributed by atoms with Gasteiger partial charge in [-0.1, -0.05) is 24.3 Å². The SMILES string of the molecule is COc1ccccc1NC(=O)COC(=O)CSc1ccccc1F. The fraction of sp³-hybridized carbons (Fsp3) is 0.176. The molecule has 2 rings (SSSR count). The monoisotopic (exact) mass is 349 g/mol. The highest BCUT2D eigenvalue weighted by atomic mass is 32.2. The van der Waals surface area contributed by atoms with Crippen LogP contribution in [0.1, 0.15) is 0 Å². The molecule has 126 valence electrons. The first-order valence-electron chi connectivity index (χ1n) is 7.06. The van der Waals surface area contributed by atoms with Gasteiger partial charge >= 0.3 is 5.97 Å². The van der Waals surface area contributed by atoms with Crippen LogP contribution in [-0.2, 0) is 14.3 Å². The molecule has 0 saturated heterocycles. The average Bonchev–Trinajstić information content (AvgIpc) is 2.59. The predicted molar refractivity (Wildman–Crippen MR) is 89.7 cm³/mol. The van der Waals surface area contributed by atoms with E-state index >= 15 is 0 Å². The van der Waals surface area contributed by atoms with Crippen molar-refractivity contribution in [3.8, 4) is 5.75 Å². The van der Waals surface area contributed by atoms with E-state index in [1.165, 1.54) is 13.2 Å². The van der Waals surface area contributed by atoms with Crippen molar-refractivity contribution in [1.29, 1.82) is 0 Å². The maximum Gasteiger partial charge on any atom is 0.316 e. The molecule has 0 fully saturated rings. The number of hydrogen-bond donors (Lipinski definition) is 1. The second-order valence-electron chi connectivity index (χ2n) is 4.63. The summed E-state index contributed by atoms with van der Waals surface area (Å²) in [5.74, 6) is -1.05. The van der Waals surface area contributed by atoms with Gasteiger partial charge in [0.15, 0.2) is 6.61 Å². The largest absolute Gasteiger partial charge is 0.495 e. The number of methoxy groups -OCH3 is 1. The van der Waals surface area contributed by atoms with Crippen molar-refractivity contribution in [2.24, 2.45) is 0 Å². The number of para-hydroxylation sites is 2. The van der Waals surface area contributed by atoms with E-state index in [1.54, 1.807) is 42.5 Å². The number of amides is 1. The van der Waals surface area contributed by atoms with Crippen LogP contribution in [0.3, 0.4) is 0 Å². The van der Waals surface area contributed by atoms with Crippen LogP contribution in [0.25, 0.3) is 0 Å². The molecule has 7 heteroatoms. The Hall–Kier alpha value is -2.54. The number of halogens is 1. The number of ether oxygens (including phenoxy) is 2. The molecule has 0 spiro atoms.